The number of nitrogens with zero attached hydrogens (tertiary/aromatic N) is 2. The van der Waals surface area contributed by atoms with Crippen molar-refractivity contribution in [3.63, 3.8) is 0 Å². The molecule has 9 aromatic carbocycles. The first kappa shape index (κ1) is 28.4. The summed E-state index contributed by atoms with van der Waals surface area (Å²) in [6.45, 7) is 0. The average Bonchev–Trinajstić information content (AvgIpc) is 3.53. The Kier molecular flexibility index (Phi) is 6.53. The van der Waals surface area contributed by atoms with Gasteiger partial charge in [0.1, 0.15) is 0 Å². The second-order valence-electron chi connectivity index (χ2n) is 13.0. The lowest BCUT2D eigenvalue weighted by Gasteiger charge is -2.26. The molecule has 0 spiro atoms. The molecule has 2 nitrogen and oxygen atoms in total. The van der Waals surface area contributed by atoms with Crippen LogP contribution < -0.4 is 4.90 Å². The van der Waals surface area contributed by atoms with Gasteiger partial charge in [-0.25, -0.2) is 0 Å². The Bertz CT molecular complexity index is 2860. The number of fused-ring (bicyclic) bond motifs is 7. The highest BCUT2D eigenvalue weighted by Crippen LogP contribution is 2.41. The zero-order valence-corrected chi connectivity index (χ0v) is 27.4. The van der Waals surface area contributed by atoms with Crippen LogP contribution in [0.25, 0.3) is 70.9 Å². The number of anilines is 3. The van der Waals surface area contributed by atoms with Gasteiger partial charge in [0.05, 0.1) is 11.0 Å². The summed E-state index contributed by atoms with van der Waals surface area (Å²) >= 11 is 0. The molecule has 0 N–H and O–H groups in total. The van der Waals surface area contributed by atoms with E-state index in [1.807, 2.05) is 0 Å². The van der Waals surface area contributed by atoms with E-state index in [1.165, 1.54) is 70.9 Å². The SMILES string of the molecule is c1ccc(-n2c3ccccc3c3ccc4cc(N(c5ccc(-c6ccc7ccccc7c6)cc5)c5ccc6ccccc6c5)ccc4c32)cc1. The van der Waals surface area contributed by atoms with Gasteiger partial charge in [-0.15, -0.1) is 0 Å². The monoisotopic (exact) mass is 636 g/mol. The van der Waals surface area contributed by atoms with Crippen LogP contribution >= 0.6 is 0 Å². The van der Waals surface area contributed by atoms with Crippen molar-refractivity contribution in [2.45, 2.75) is 0 Å². The number of aromatic nitrogens is 1. The molecule has 0 aliphatic rings. The molecule has 50 heavy (non-hydrogen) atoms. The number of hydrogen-bond donors (Lipinski definition) is 0. The maximum Gasteiger partial charge on any atom is 0.0619 e. The van der Waals surface area contributed by atoms with Gasteiger partial charge in [0.15, 0.2) is 0 Å². The molecule has 10 aromatic rings. The smallest absolute Gasteiger partial charge is 0.0619 e. The van der Waals surface area contributed by atoms with Crippen molar-refractivity contribution in [3.8, 4) is 16.8 Å². The van der Waals surface area contributed by atoms with Crippen LogP contribution in [0, 0.1) is 0 Å². The quantitative estimate of drug-likeness (QED) is 0.182. The van der Waals surface area contributed by atoms with E-state index in [9.17, 15) is 0 Å². The van der Waals surface area contributed by atoms with Gasteiger partial charge in [0.25, 0.3) is 0 Å². The van der Waals surface area contributed by atoms with Crippen molar-refractivity contribution in [3.05, 3.63) is 194 Å². The minimum atomic E-state index is 1.11. The lowest BCUT2D eigenvalue weighted by molar-refractivity contribution is 1.19. The molecule has 234 valence electrons. The molecule has 0 aliphatic carbocycles. The van der Waals surface area contributed by atoms with Crippen molar-refractivity contribution in [1.82, 2.24) is 4.57 Å². The Morgan fingerprint density at radius 3 is 1.64 bits per heavy atom. The Morgan fingerprint density at radius 1 is 0.320 bits per heavy atom. The highest BCUT2D eigenvalue weighted by Gasteiger charge is 2.18. The molecular weight excluding hydrogens is 605 g/mol. The highest BCUT2D eigenvalue weighted by atomic mass is 15.1. The minimum absolute atomic E-state index is 1.11. The van der Waals surface area contributed by atoms with Gasteiger partial charge in [-0.05, 0) is 98.7 Å². The van der Waals surface area contributed by atoms with Gasteiger partial charge in [-0.1, -0.05) is 133 Å². The van der Waals surface area contributed by atoms with Crippen molar-refractivity contribution in [2.24, 2.45) is 0 Å². The Hall–Kier alpha value is -6.64. The number of hydrogen-bond acceptors (Lipinski definition) is 1. The van der Waals surface area contributed by atoms with Crippen LogP contribution in [0.4, 0.5) is 17.1 Å². The predicted molar refractivity (Wildman–Crippen MR) is 213 cm³/mol. The molecule has 0 atom stereocenters. The molecule has 0 saturated carbocycles. The molecule has 1 heterocycles. The third kappa shape index (κ3) is 4.65. The third-order valence-electron chi connectivity index (χ3n) is 10.1. The zero-order chi connectivity index (χ0) is 33.0. The van der Waals surface area contributed by atoms with Crippen molar-refractivity contribution in [2.75, 3.05) is 4.90 Å². The lowest BCUT2D eigenvalue weighted by atomic mass is 10.0. The Labute approximate surface area is 290 Å². The van der Waals surface area contributed by atoms with E-state index in [1.54, 1.807) is 0 Å². The Balaban J connectivity index is 1.15. The summed E-state index contributed by atoms with van der Waals surface area (Å²) in [4.78, 5) is 2.38. The van der Waals surface area contributed by atoms with Crippen molar-refractivity contribution in [1.29, 1.82) is 0 Å². The fourth-order valence-electron chi connectivity index (χ4n) is 7.70. The minimum Gasteiger partial charge on any atom is -0.310 e. The second-order valence-corrected chi connectivity index (χ2v) is 13.0. The van der Waals surface area contributed by atoms with E-state index in [4.69, 9.17) is 0 Å². The first-order valence-corrected chi connectivity index (χ1v) is 17.2. The summed E-state index contributed by atoms with van der Waals surface area (Å²) in [6, 6.07) is 70.5. The van der Waals surface area contributed by atoms with Gasteiger partial charge < -0.3 is 9.47 Å². The highest BCUT2D eigenvalue weighted by molar-refractivity contribution is 6.19. The van der Waals surface area contributed by atoms with E-state index < -0.39 is 0 Å². The molecule has 0 radical (unpaired) electrons. The molecule has 0 saturated heterocycles. The van der Waals surface area contributed by atoms with Crippen LogP contribution in [-0.4, -0.2) is 4.57 Å². The lowest BCUT2D eigenvalue weighted by Crippen LogP contribution is -2.10. The number of rotatable bonds is 5. The summed E-state index contributed by atoms with van der Waals surface area (Å²) < 4.78 is 2.42. The normalized spacial score (nSPS) is 11.6. The van der Waals surface area contributed by atoms with Gasteiger partial charge in [0.2, 0.25) is 0 Å². The third-order valence-corrected chi connectivity index (χ3v) is 10.1. The molecule has 0 fully saturated rings. The van der Waals surface area contributed by atoms with Crippen LogP contribution in [-0.2, 0) is 0 Å². The Morgan fingerprint density at radius 2 is 0.860 bits per heavy atom. The van der Waals surface area contributed by atoms with Crippen molar-refractivity contribution < 1.29 is 0 Å². The van der Waals surface area contributed by atoms with Crippen molar-refractivity contribution >= 4 is 71.2 Å². The fraction of sp³-hybridized carbons (Fsp3) is 0. The van der Waals surface area contributed by atoms with Gasteiger partial charge >= 0.3 is 0 Å². The van der Waals surface area contributed by atoms with E-state index >= 15 is 0 Å². The summed E-state index contributed by atoms with van der Waals surface area (Å²) in [5.41, 5.74) is 9.40. The summed E-state index contributed by atoms with van der Waals surface area (Å²) in [5, 5.41) is 9.93. The standard InChI is InChI=1S/C48H32N2/c1-2-14-40(15-3-1)50-47-17-9-8-16-45(47)46-28-23-39-32-43(27-29-44(39)48(46)50)49(42-26-22-34-11-5-7-13-37(34)31-42)41-24-20-35(21-25-41)38-19-18-33-10-4-6-12-36(33)30-38/h1-32H. The molecule has 1 aromatic heterocycles. The van der Waals surface area contributed by atoms with E-state index in [2.05, 4.69) is 204 Å². The van der Waals surface area contributed by atoms with E-state index in [0.717, 1.165) is 17.1 Å². The molecule has 2 heteroatoms. The summed E-state index contributed by atoms with van der Waals surface area (Å²) in [7, 11) is 0. The van der Waals surface area contributed by atoms with E-state index in [0.29, 0.717) is 0 Å². The van der Waals surface area contributed by atoms with Crippen LogP contribution in [0.15, 0.2) is 194 Å². The summed E-state index contributed by atoms with van der Waals surface area (Å²) in [6.07, 6.45) is 0. The molecule has 0 bridgehead atoms. The first-order chi connectivity index (χ1) is 24.8. The summed E-state index contributed by atoms with van der Waals surface area (Å²) in [5.74, 6) is 0. The van der Waals surface area contributed by atoms with Gasteiger partial charge in [0, 0.05) is 38.9 Å². The molecule has 0 amide bonds. The largest absolute Gasteiger partial charge is 0.310 e. The zero-order valence-electron chi connectivity index (χ0n) is 27.4. The van der Waals surface area contributed by atoms with Crippen LogP contribution in [0.2, 0.25) is 0 Å². The number of benzene rings is 9. The maximum atomic E-state index is 2.42. The average molecular weight is 637 g/mol. The predicted octanol–water partition coefficient (Wildman–Crippen LogP) is 13.4. The first-order valence-electron chi connectivity index (χ1n) is 17.2. The molecule has 0 unspecified atom stereocenters. The number of para-hydroxylation sites is 2. The molecular formula is C48H32N2. The van der Waals surface area contributed by atoms with E-state index in [-0.39, 0.29) is 0 Å². The van der Waals surface area contributed by atoms with Gasteiger partial charge in [-0.2, -0.15) is 0 Å². The maximum absolute atomic E-state index is 2.42. The fourth-order valence-corrected chi connectivity index (χ4v) is 7.70. The van der Waals surface area contributed by atoms with Crippen LogP contribution in [0.1, 0.15) is 0 Å². The molecule has 10 rings (SSSR count). The second kappa shape index (κ2) is 11.5. The van der Waals surface area contributed by atoms with Crippen LogP contribution in [0.3, 0.4) is 0 Å². The molecule has 0 aliphatic heterocycles. The topological polar surface area (TPSA) is 8.17 Å². The van der Waals surface area contributed by atoms with Crippen LogP contribution in [0.5, 0.6) is 0 Å². The van der Waals surface area contributed by atoms with Gasteiger partial charge in [-0.3, -0.25) is 0 Å².